The van der Waals surface area contributed by atoms with E-state index in [1.54, 1.807) is 13.0 Å². The Kier molecular flexibility index (Phi) is 2.18. The van der Waals surface area contributed by atoms with Crippen LogP contribution in [-0.2, 0) is 0 Å². The Morgan fingerprint density at radius 3 is 2.42 bits per heavy atom. The van der Waals surface area contributed by atoms with Crippen LogP contribution in [0.15, 0.2) is 12.1 Å². The van der Waals surface area contributed by atoms with Crippen LogP contribution in [0.4, 0.5) is 0 Å². The van der Waals surface area contributed by atoms with Gasteiger partial charge in [-0.2, -0.15) is 0 Å². The topological polar surface area (TPSA) is 37.3 Å². The smallest absolute Gasteiger partial charge is 0.163 e. The second kappa shape index (κ2) is 2.97. The van der Waals surface area contributed by atoms with E-state index in [-0.39, 0.29) is 11.5 Å². The van der Waals surface area contributed by atoms with E-state index in [1.165, 1.54) is 6.92 Å². The van der Waals surface area contributed by atoms with Crippen LogP contribution in [0.3, 0.4) is 0 Å². The van der Waals surface area contributed by atoms with Crippen LogP contribution in [-0.4, -0.2) is 10.9 Å². The van der Waals surface area contributed by atoms with Crippen molar-refractivity contribution in [2.24, 2.45) is 0 Å². The Hall–Kier alpha value is -1.31. The zero-order valence-corrected chi connectivity index (χ0v) is 7.51. The average Bonchev–Trinajstić information content (AvgIpc) is 1.96. The van der Waals surface area contributed by atoms with Crippen molar-refractivity contribution in [1.29, 1.82) is 0 Å². The van der Waals surface area contributed by atoms with Gasteiger partial charge in [0, 0.05) is 0 Å². The fourth-order valence-electron chi connectivity index (χ4n) is 1.23. The Morgan fingerprint density at radius 1 is 1.33 bits per heavy atom. The standard InChI is InChI=1S/C10H12O2/c1-6-4-7(2)10(12)9(5-6)8(3)11/h4-5,12H,1-3H3. The zero-order valence-electron chi connectivity index (χ0n) is 7.51. The number of carbonyl (C=O) groups excluding carboxylic acids is 1. The van der Waals surface area contributed by atoms with Crippen LogP contribution in [0.25, 0.3) is 0 Å². The molecule has 0 aliphatic carbocycles. The van der Waals surface area contributed by atoms with E-state index in [1.807, 2.05) is 13.0 Å². The van der Waals surface area contributed by atoms with Gasteiger partial charge in [-0.05, 0) is 38.0 Å². The zero-order chi connectivity index (χ0) is 9.30. The molecule has 0 saturated heterocycles. The second-order valence-electron chi connectivity index (χ2n) is 3.03. The van der Waals surface area contributed by atoms with Gasteiger partial charge in [0.1, 0.15) is 5.75 Å². The molecule has 0 heterocycles. The molecule has 0 saturated carbocycles. The predicted octanol–water partition coefficient (Wildman–Crippen LogP) is 2.21. The number of ketones is 1. The number of rotatable bonds is 1. The first-order chi connectivity index (χ1) is 5.52. The number of carbonyl (C=O) groups is 1. The molecule has 1 aromatic rings. The van der Waals surface area contributed by atoms with Gasteiger partial charge in [0.25, 0.3) is 0 Å². The van der Waals surface area contributed by atoms with Crippen LogP contribution in [0.2, 0.25) is 0 Å². The molecular formula is C10H12O2. The minimum absolute atomic E-state index is 0.0979. The van der Waals surface area contributed by atoms with Crippen LogP contribution in [0, 0.1) is 13.8 Å². The molecule has 0 bridgehead atoms. The number of aromatic hydroxyl groups is 1. The van der Waals surface area contributed by atoms with Crippen molar-refractivity contribution in [3.8, 4) is 5.75 Å². The molecule has 0 spiro atoms. The maximum atomic E-state index is 11.0. The molecule has 0 fully saturated rings. The van der Waals surface area contributed by atoms with E-state index < -0.39 is 0 Å². The summed E-state index contributed by atoms with van der Waals surface area (Å²) in [6.45, 7) is 5.14. The summed E-state index contributed by atoms with van der Waals surface area (Å²) < 4.78 is 0. The third kappa shape index (κ3) is 1.47. The van der Waals surface area contributed by atoms with Crippen molar-refractivity contribution in [2.45, 2.75) is 20.8 Å². The van der Waals surface area contributed by atoms with Gasteiger partial charge in [-0.1, -0.05) is 6.07 Å². The summed E-state index contributed by atoms with van der Waals surface area (Å²) in [4.78, 5) is 11.0. The van der Waals surface area contributed by atoms with E-state index in [0.717, 1.165) is 11.1 Å². The molecule has 0 radical (unpaired) electrons. The molecule has 0 unspecified atom stereocenters. The molecule has 2 nitrogen and oxygen atoms in total. The molecule has 0 aromatic heterocycles. The highest BCUT2D eigenvalue weighted by Gasteiger charge is 2.08. The average molecular weight is 164 g/mol. The van der Waals surface area contributed by atoms with E-state index in [9.17, 15) is 9.90 Å². The van der Waals surface area contributed by atoms with Crippen molar-refractivity contribution in [2.75, 3.05) is 0 Å². The Balaban J connectivity index is 3.37. The van der Waals surface area contributed by atoms with E-state index in [0.29, 0.717) is 5.56 Å². The number of Topliss-reactive ketones (excluding diaryl/α,β-unsaturated/α-hetero) is 1. The SMILES string of the molecule is CC(=O)c1cc(C)cc(C)c1O. The van der Waals surface area contributed by atoms with E-state index in [4.69, 9.17) is 0 Å². The van der Waals surface area contributed by atoms with Gasteiger partial charge < -0.3 is 5.11 Å². The summed E-state index contributed by atoms with van der Waals surface area (Å²) in [6, 6.07) is 3.55. The molecule has 12 heavy (non-hydrogen) atoms. The molecular weight excluding hydrogens is 152 g/mol. The lowest BCUT2D eigenvalue weighted by molar-refractivity contribution is 0.101. The number of hydrogen-bond acceptors (Lipinski definition) is 2. The number of phenols is 1. The molecule has 1 aromatic carbocycles. The molecule has 1 N–H and O–H groups in total. The molecule has 64 valence electrons. The molecule has 0 aliphatic heterocycles. The Morgan fingerprint density at radius 2 is 1.92 bits per heavy atom. The van der Waals surface area contributed by atoms with Crippen molar-refractivity contribution in [1.82, 2.24) is 0 Å². The monoisotopic (exact) mass is 164 g/mol. The van der Waals surface area contributed by atoms with Gasteiger partial charge in [-0.25, -0.2) is 0 Å². The summed E-state index contributed by atoms with van der Waals surface area (Å²) in [5.41, 5.74) is 2.16. The minimum atomic E-state index is -0.0979. The molecule has 0 aliphatic rings. The lowest BCUT2D eigenvalue weighted by Gasteiger charge is -2.05. The number of benzene rings is 1. The number of hydrogen-bond donors (Lipinski definition) is 1. The third-order valence-electron chi connectivity index (χ3n) is 1.82. The van der Waals surface area contributed by atoms with Crippen molar-refractivity contribution >= 4 is 5.78 Å². The van der Waals surface area contributed by atoms with Gasteiger partial charge >= 0.3 is 0 Å². The first-order valence-electron chi connectivity index (χ1n) is 3.83. The fraction of sp³-hybridized carbons (Fsp3) is 0.300. The highest BCUT2D eigenvalue weighted by molar-refractivity contribution is 5.97. The van der Waals surface area contributed by atoms with E-state index in [2.05, 4.69) is 0 Å². The van der Waals surface area contributed by atoms with Crippen LogP contribution < -0.4 is 0 Å². The molecule has 0 amide bonds. The first-order valence-corrected chi connectivity index (χ1v) is 3.83. The first kappa shape index (κ1) is 8.78. The van der Waals surface area contributed by atoms with Gasteiger partial charge in [-0.15, -0.1) is 0 Å². The largest absolute Gasteiger partial charge is 0.507 e. The van der Waals surface area contributed by atoms with Crippen LogP contribution in [0.1, 0.15) is 28.4 Å². The fourth-order valence-corrected chi connectivity index (χ4v) is 1.23. The maximum absolute atomic E-state index is 11.0. The van der Waals surface area contributed by atoms with Crippen LogP contribution in [0.5, 0.6) is 5.75 Å². The lowest BCUT2D eigenvalue weighted by atomic mass is 10.0. The Labute approximate surface area is 71.8 Å². The predicted molar refractivity (Wildman–Crippen MR) is 47.6 cm³/mol. The van der Waals surface area contributed by atoms with Gasteiger partial charge in [0.2, 0.25) is 0 Å². The number of aryl methyl sites for hydroxylation is 2. The minimum Gasteiger partial charge on any atom is -0.507 e. The van der Waals surface area contributed by atoms with E-state index >= 15 is 0 Å². The highest BCUT2D eigenvalue weighted by atomic mass is 16.3. The second-order valence-corrected chi connectivity index (χ2v) is 3.03. The lowest BCUT2D eigenvalue weighted by Crippen LogP contribution is -1.95. The maximum Gasteiger partial charge on any atom is 0.163 e. The number of phenolic OH excluding ortho intramolecular Hbond substituents is 1. The van der Waals surface area contributed by atoms with Gasteiger partial charge in [0.15, 0.2) is 5.78 Å². The molecule has 2 heteroatoms. The summed E-state index contributed by atoms with van der Waals surface area (Å²) >= 11 is 0. The summed E-state index contributed by atoms with van der Waals surface area (Å²) in [5, 5.41) is 9.47. The van der Waals surface area contributed by atoms with Gasteiger partial charge in [-0.3, -0.25) is 4.79 Å². The van der Waals surface area contributed by atoms with Crippen LogP contribution >= 0.6 is 0 Å². The normalized spacial score (nSPS) is 9.92. The molecule has 1 rings (SSSR count). The van der Waals surface area contributed by atoms with Crippen molar-refractivity contribution in [3.05, 3.63) is 28.8 Å². The molecule has 0 atom stereocenters. The Bertz CT molecular complexity index is 327. The third-order valence-corrected chi connectivity index (χ3v) is 1.82. The summed E-state index contributed by atoms with van der Waals surface area (Å²) in [6.07, 6.45) is 0. The summed E-state index contributed by atoms with van der Waals surface area (Å²) in [5.74, 6) is 0.00685. The highest BCUT2D eigenvalue weighted by Crippen LogP contribution is 2.23. The summed E-state index contributed by atoms with van der Waals surface area (Å²) in [7, 11) is 0. The quantitative estimate of drug-likeness (QED) is 0.646. The van der Waals surface area contributed by atoms with Crippen molar-refractivity contribution < 1.29 is 9.90 Å². The van der Waals surface area contributed by atoms with Gasteiger partial charge in [0.05, 0.1) is 5.56 Å². The van der Waals surface area contributed by atoms with Crippen molar-refractivity contribution in [3.63, 3.8) is 0 Å².